The highest BCUT2D eigenvalue weighted by Gasteiger charge is 2.29. The Morgan fingerprint density at radius 2 is 2.05 bits per heavy atom. The molecule has 1 aliphatic heterocycles. The Balaban J connectivity index is 0.00000180. The topological polar surface area (TPSA) is 64.2 Å². The van der Waals surface area contributed by atoms with E-state index < -0.39 is 0 Å². The van der Waals surface area contributed by atoms with Crippen LogP contribution in [0.1, 0.15) is 35.1 Å². The lowest BCUT2D eigenvalue weighted by molar-refractivity contribution is 0.0662. The number of hydrogen-bond donors (Lipinski definition) is 1. The molecule has 0 aliphatic carbocycles. The second kappa shape index (κ2) is 5.92. The third kappa shape index (κ3) is 2.92. The summed E-state index contributed by atoms with van der Waals surface area (Å²) >= 11 is 0. The van der Waals surface area contributed by atoms with E-state index in [-0.39, 0.29) is 24.4 Å². The molecule has 1 aromatic rings. The first-order chi connectivity index (χ1) is 8.41. The van der Waals surface area contributed by atoms with Crippen molar-refractivity contribution >= 4 is 18.3 Å². The van der Waals surface area contributed by atoms with Crippen molar-refractivity contribution in [3.05, 3.63) is 17.0 Å². The number of halogens is 1. The Bertz CT molecular complexity index is 471. The molecule has 1 saturated heterocycles. The summed E-state index contributed by atoms with van der Waals surface area (Å²) in [6, 6.07) is 0.213. The second-order valence-corrected chi connectivity index (χ2v) is 5.35. The number of likely N-dealkylation sites (tertiary alicyclic amines) is 1. The second-order valence-electron chi connectivity index (χ2n) is 5.35. The predicted octanol–water partition coefficient (Wildman–Crippen LogP) is 1.27. The first-order valence-corrected chi connectivity index (χ1v) is 6.47. The molecule has 108 valence electrons. The first kappa shape index (κ1) is 16.0. The summed E-state index contributed by atoms with van der Waals surface area (Å²) in [6.45, 7) is 7.42. The first-order valence-electron chi connectivity index (χ1n) is 6.47. The van der Waals surface area contributed by atoms with Crippen molar-refractivity contribution in [1.82, 2.24) is 14.7 Å². The van der Waals surface area contributed by atoms with Gasteiger partial charge in [-0.1, -0.05) is 6.92 Å². The number of nitrogens with zero attached hydrogens (tertiary/aromatic N) is 3. The zero-order valence-electron chi connectivity index (χ0n) is 12.0. The van der Waals surface area contributed by atoms with E-state index in [1.165, 1.54) is 0 Å². The molecule has 2 unspecified atom stereocenters. The summed E-state index contributed by atoms with van der Waals surface area (Å²) in [5.74, 6) is 0.455. The fourth-order valence-electron chi connectivity index (χ4n) is 2.59. The van der Waals surface area contributed by atoms with E-state index in [2.05, 4.69) is 12.0 Å². The molecule has 19 heavy (non-hydrogen) atoms. The number of piperidine rings is 1. The molecule has 5 nitrogen and oxygen atoms in total. The van der Waals surface area contributed by atoms with Gasteiger partial charge in [-0.2, -0.15) is 5.10 Å². The summed E-state index contributed by atoms with van der Waals surface area (Å²) in [6.07, 6.45) is 0.880. The molecule has 0 aromatic carbocycles. The van der Waals surface area contributed by atoms with Gasteiger partial charge in [0.2, 0.25) is 0 Å². The Kier molecular flexibility index (Phi) is 4.98. The standard InChI is InChI=1S/C13H22N4O.ClH/c1-8-7-17(6-5-11(8)14)13(18)12-9(2)15-16(4)10(12)3;/h8,11H,5-7,14H2,1-4H3;1H. The van der Waals surface area contributed by atoms with E-state index in [0.717, 1.165) is 36.5 Å². The minimum Gasteiger partial charge on any atom is -0.338 e. The van der Waals surface area contributed by atoms with Crippen molar-refractivity contribution < 1.29 is 4.79 Å². The zero-order valence-corrected chi connectivity index (χ0v) is 12.8. The van der Waals surface area contributed by atoms with E-state index in [9.17, 15) is 4.79 Å². The van der Waals surface area contributed by atoms with Gasteiger partial charge in [0.1, 0.15) is 0 Å². The summed E-state index contributed by atoms with van der Waals surface area (Å²) in [5, 5.41) is 4.30. The maximum atomic E-state index is 12.5. The van der Waals surface area contributed by atoms with Crippen LogP contribution >= 0.6 is 12.4 Å². The fourth-order valence-corrected chi connectivity index (χ4v) is 2.59. The number of aryl methyl sites for hydroxylation is 2. The molecule has 0 saturated carbocycles. The molecule has 1 fully saturated rings. The quantitative estimate of drug-likeness (QED) is 0.845. The molecule has 6 heteroatoms. The van der Waals surface area contributed by atoms with Crippen molar-refractivity contribution in [2.45, 2.75) is 33.2 Å². The van der Waals surface area contributed by atoms with Crippen molar-refractivity contribution in [1.29, 1.82) is 0 Å². The van der Waals surface area contributed by atoms with E-state index in [0.29, 0.717) is 5.92 Å². The number of rotatable bonds is 1. The number of carbonyl (C=O) groups excluding carboxylic acids is 1. The minimum atomic E-state index is 0. The lowest BCUT2D eigenvalue weighted by Crippen LogP contribution is -2.48. The minimum absolute atomic E-state index is 0. The summed E-state index contributed by atoms with van der Waals surface area (Å²) in [5.41, 5.74) is 8.48. The highest BCUT2D eigenvalue weighted by molar-refractivity contribution is 5.96. The van der Waals surface area contributed by atoms with Gasteiger partial charge in [0.05, 0.1) is 11.3 Å². The molecule has 0 spiro atoms. The van der Waals surface area contributed by atoms with Crippen LogP contribution in [0.15, 0.2) is 0 Å². The number of hydrogen-bond acceptors (Lipinski definition) is 3. The average molecular weight is 287 g/mol. The van der Waals surface area contributed by atoms with Gasteiger partial charge in [0.15, 0.2) is 0 Å². The molecular weight excluding hydrogens is 264 g/mol. The van der Waals surface area contributed by atoms with Crippen LogP contribution in [0, 0.1) is 19.8 Å². The molecule has 2 heterocycles. The fraction of sp³-hybridized carbons (Fsp3) is 0.692. The van der Waals surface area contributed by atoms with Crippen molar-refractivity contribution in [2.24, 2.45) is 18.7 Å². The van der Waals surface area contributed by atoms with Gasteiger partial charge in [0, 0.05) is 31.9 Å². The van der Waals surface area contributed by atoms with E-state index in [1.807, 2.05) is 25.8 Å². The van der Waals surface area contributed by atoms with Gasteiger partial charge in [-0.05, 0) is 26.2 Å². The summed E-state index contributed by atoms with van der Waals surface area (Å²) in [4.78, 5) is 14.4. The number of aromatic nitrogens is 2. The van der Waals surface area contributed by atoms with Crippen LogP contribution in [0.4, 0.5) is 0 Å². The van der Waals surface area contributed by atoms with Crippen LogP contribution < -0.4 is 5.73 Å². The molecule has 0 bridgehead atoms. The Labute approximate surface area is 120 Å². The highest BCUT2D eigenvalue weighted by atomic mass is 35.5. The zero-order chi connectivity index (χ0) is 13.4. The van der Waals surface area contributed by atoms with Gasteiger partial charge in [0.25, 0.3) is 5.91 Å². The molecule has 1 amide bonds. The Morgan fingerprint density at radius 1 is 1.42 bits per heavy atom. The van der Waals surface area contributed by atoms with E-state index in [4.69, 9.17) is 5.73 Å². The van der Waals surface area contributed by atoms with Crippen LogP contribution in [-0.4, -0.2) is 39.7 Å². The van der Waals surface area contributed by atoms with E-state index in [1.54, 1.807) is 4.68 Å². The van der Waals surface area contributed by atoms with Crippen molar-refractivity contribution in [3.63, 3.8) is 0 Å². The molecule has 0 radical (unpaired) electrons. The lowest BCUT2D eigenvalue weighted by atomic mass is 9.94. The average Bonchev–Trinajstić information content (AvgIpc) is 2.56. The van der Waals surface area contributed by atoms with Gasteiger partial charge in [-0.15, -0.1) is 12.4 Å². The third-order valence-electron chi connectivity index (χ3n) is 3.98. The maximum Gasteiger partial charge on any atom is 0.257 e. The number of amides is 1. The van der Waals surface area contributed by atoms with Gasteiger partial charge in [-0.25, -0.2) is 0 Å². The number of carbonyl (C=O) groups is 1. The Hall–Kier alpha value is -1.07. The molecule has 1 aliphatic rings. The lowest BCUT2D eigenvalue weighted by Gasteiger charge is -2.35. The van der Waals surface area contributed by atoms with Gasteiger partial charge < -0.3 is 10.6 Å². The SMILES string of the molecule is Cc1nn(C)c(C)c1C(=O)N1CCC(N)C(C)C1.Cl. The van der Waals surface area contributed by atoms with Crippen molar-refractivity contribution in [2.75, 3.05) is 13.1 Å². The van der Waals surface area contributed by atoms with Gasteiger partial charge in [-0.3, -0.25) is 9.48 Å². The monoisotopic (exact) mass is 286 g/mol. The highest BCUT2D eigenvalue weighted by Crippen LogP contribution is 2.20. The van der Waals surface area contributed by atoms with Crippen LogP contribution in [0.2, 0.25) is 0 Å². The molecule has 2 atom stereocenters. The third-order valence-corrected chi connectivity index (χ3v) is 3.98. The summed E-state index contributed by atoms with van der Waals surface area (Å²) < 4.78 is 1.77. The molecule has 2 N–H and O–H groups in total. The smallest absolute Gasteiger partial charge is 0.257 e. The van der Waals surface area contributed by atoms with Crippen LogP contribution in [-0.2, 0) is 7.05 Å². The summed E-state index contributed by atoms with van der Waals surface area (Å²) in [7, 11) is 1.87. The molecule has 2 rings (SSSR count). The maximum absolute atomic E-state index is 12.5. The predicted molar refractivity (Wildman–Crippen MR) is 77.6 cm³/mol. The largest absolute Gasteiger partial charge is 0.338 e. The van der Waals surface area contributed by atoms with Crippen LogP contribution in [0.5, 0.6) is 0 Å². The normalized spacial score (nSPS) is 23.1. The van der Waals surface area contributed by atoms with Crippen molar-refractivity contribution in [3.8, 4) is 0 Å². The molecule has 1 aromatic heterocycles. The van der Waals surface area contributed by atoms with Crippen LogP contribution in [0.3, 0.4) is 0 Å². The van der Waals surface area contributed by atoms with E-state index >= 15 is 0 Å². The van der Waals surface area contributed by atoms with Gasteiger partial charge >= 0.3 is 0 Å². The van der Waals surface area contributed by atoms with Crippen LogP contribution in [0.25, 0.3) is 0 Å². The Morgan fingerprint density at radius 3 is 2.53 bits per heavy atom. The molecular formula is C13H23ClN4O. The number of nitrogens with two attached hydrogens (primary N) is 1.